The molecule has 0 unspecified atom stereocenters. The van der Waals surface area contributed by atoms with Gasteiger partial charge in [-0.2, -0.15) is 0 Å². The first-order valence-electron chi connectivity index (χ1n) is 6.02. The number of fused-ring (bicyclic) bond motifs is 2. The van der Waals surface area contributed by atoms with Crippen LogP contribution in [0.1, 0.15) is 0 Å². The van der Waals surface area contributed by atoms with Crippen molar-refractivity contribution in [2.24, 2.45) is 0 Å². The van der Waals surface area contributed by atoms with Crippen LogP contribution in [-0.2, 0) is 0 Å². The summed E-state index contributed by atoms with van der Waals surface area (Å²) >= 11 is 20.3. The number of hydrogen-bond donors (Lipinski definition) is 0. The van der Waals surface area contributed by atoms with E-state index in [-0.39, 0.29) is 0 Å². The highest BCUT2D eigenvalue weighted by molar-refractivity contribution is 7.23. The molecule has 1 aromatic carbocycles. The number of benzene rings is 1. The maximum Gasteiger partial charge on any atom is 0.159 e. The molecule has 3 aromatic heterocycles. The van der Waals surface area contributed by atoms with E-state index in [0.29, 0.717) is 26.8 Å². The number of aromatic nitrogens is 3. The zero-order valence-electron chi connectivity index (χ0n) is 10.3. The van der Waals surface area contributed by atoms with Crippen molar-refractivity contribution in [1.29, 1.82) is 0 Å². The van der Waals surface area contributed by atoms with E-state index < -0.39 is 0 Å². The van der Waals surface area contributed by atoms with Crippen molar-refractivity contribution in [3.63, 3.8) is 0 Å². The van der Waals surface area contributed by atoms with Gasteiger partial charge in [-0.05, 0) is 6.07 Å². The summed E-state index contributed by atoms with van der Waals surface area (Å²) < 4.78 is 2.84. The zero-order chi connectivity index (χ0) is 14.6. The van der Waals surface area contributed by atoms with Crippen LogP contribution in [0.3, 0.4) is 0 Å². The summed E-state index contributed by atoms with van der Waals surface area (Å²) in [5.74, 6) is 0.672. The Bertz CT molecular complexity index is 990. The third-order valence-electron chi connectivity index (χ3n) is 3.15. The maximum absolute atomic E-state index is 6.50. The van der Waals surface area contributed by atoms with E-state index in [0.717, 1.165) is 15.0 Å². The quantitative estimate of drug-likeness (QED) is 0.418. The van der Waals surface area contributed by atoms with Crippen molar-refractivity contribution >= 4 is 61.9 Å². The van der Waals surface area contributed by atoms with Gasteiger partial charge in [-0.15, -0.1) is 11.3 Å². The lowest BCUT2D eigenvalue weighted by Crippen LogP contribution is -1.92. The Hall–Kier alpha value is -1.33. The summed E-state index contributed by atoms with van der Waals surface area (Å²) in [6, 6.07) is 9.55. The molecule has 0 radical (unpaired) electrons. The molecule has 0 saturated heterocycles. The molecule has 7 heteroatoms. The molecule has 0 bridgehead atoms. The minimum absolute atomic E-state index is 0.335. The number of thiophene rings is 1. The number of nitrogens with zero attached hydrogens (tertiary/aromatic N) is 3. The van der Waals surface area contributed by atoms with Gasteiger partial charge in [-0.3, -0.25) is 4.40 Å². The van der Waals surface area contributed by atoms with E-state index >= 15 is 0 Å². The molecule has 0 aliphatic rings. The molecular formula is C14H6Cl3N3S. The summed E-state index contributed by atoms with van der Waals surface area (Å²) in [4.78, 5) is 9.48. The minimum Gasteiger partial charge on any atom is -0.266 e. The smallest absolute Gasteiger partial charge is 0.159 e. The van der Waals surface area contributed by atoms with Gasteiger partial charge < -0.3 is 0 Å². The standard InChI is InChI=1S/C14H6Cl3N3S/c15-9-5-10(16)20-11(19-9)6-18-14(20)13-12(17)7-3-1-2-4-8(7)21-13/h1-6H. The molecular weight excluding hydrogens is 349 g/mol. The Labute approximate surface area is 138 Å². The first kappa shape index (κ1) is 13.3. The van der Waals surface area contributed by atoms with Gasteiger partial charge in [-0.1, -0.05) is 53.0 Å². The molecule has 21 heavy (non-hydrogen) atoms. The van der Waals surface area contributed by atoms with Crippen molar-refractivity contribution in [3.05, 3.63) is 51.9 Å². The molecule has 4 aromatic rings. The van der Waals surface area contributed by atoms with Crippen LogP contribution in [0.2, 0.25) is 15.3 Å². The lowest BCUT2D eigenvalue weighted by molar-refractivity contribution is 1.12. The van der Waals surface area contributed by atoms with Gasteiger partial charge >= 0.3 is 0 Å². The molecule has 0 spiro atoms. The Kier molecular flexibility index (Phi) is 3.08. The molecule has 0 atom stereocenters. The average Bonchev–Trinajstić information content (AvgIpc) is 3.01. The van der Waals surface area contributed by atoms with Crippen LogP contribution in [-0.4, -0.2) is 14.4 Å². The van der Waals surface area contributed by atoms with Crippen molar-refractivity contribution in [3.8, 4) is 10.7 Å². The van der Waals surface area contributed by atoms with Gasteiger partial charge in [0.1, 0.15) is 10.3 Å². The highest BCUT2D eigenvalue weighted by atomic mass is 35.5. The molecule has 0 fully saturated rings. The third-order valence-corrected chi connectivity index (χ3v) is 5.30. The lowest BCUT2D eigenvalue weighted by Gasteiger charge is -2.02. The van der Waals surface area contributed by atoms with Gasteiger partial charge in [0, 0.05) is 16.2 Å². The number of halogens is 3. The van der Waals surface area contributed by atoms with E-state index in [1.165, 1.54) is 0 Å². The number of hydrogen-bond acceptors (Lipinski definition) is 3. The average molecular weight is 355 g/mol. The van der Waals surface area contributed by atoms with Gasteiger partial charge in [0.2, 0.25) is 0 Å². The van der Waals surface area contributed by atoms with Crippen LogP contribution in [0.25, 0.3) is 26.4 Å². The van der Waals surface area contributed by atoms with Crippen molar-refractivity contribution in [1.82, 2.24) is 14.4 Å². The SMILES string of the molecule is Clc1cc(Cl)n2c(-c3sc4ccccc4c3Cl)ncc2n1. The van der Waals surface area contributed by atoms with Crippen molar-refractivity contribution in [2.75, 3.05) is 0 Å². The van der Waals surface area contributed by atoms with Gasteiger partial charge in [0.25, 0.3) is 0 Å². The zero-order valence-corrected chi connectivity index (χ0v) is 13.4. The minimum atomic E-state index is 0.335. The van der Waals surface area contributed by atoms with Gasteiger partial charge in [0.05, 0.1) is 16.1 Å². The Balaban J connectivity index is 2.07. The third kappa shape index (κ3) is 2.02. The second-order valence-electron chi connectivity index (χ2n) is 4.42. The first-order chi connectivity index (χ1) is 10.1. The Morgan fingerprint density at radius 1 is 1.10 bits per heavy atom. The summed E-state index contributed by atoms with van der Waals surface area (Å²) in [7, 11) is 0. The normalized spacial score (nSPS) is 11.6. The van der Waals surface area contributed by atoms with E-state index in [1.807, 2.05) is 24.3 Å². The largest absolute Gasteiger partial charge is 0.266 e. The van der Waals surface area contributed by atoms with E-state index in [2.05, 4.69) is 9.97 Å². The highest BCUT2D eigenvalue weighted by Gasteiger charge is 2.18. The summed E-state index contributed by atoms with van der Waals surface area (Å²) in [6.07, 6.45) is 1.63. The monoisotopic (exact) mass is 353 g/mol. The van der Waals surface area contributed by atoms with Crippen LogP contribution >= 0.6 is 46.1 Å². The topological polar surface area (TPSA) is 30.2 Å². The molecule has 0 amide bonds. The van der Waals surface area contributed by atoms with Crippen LogP contribution in [0.5, 0.6) is 0 Å². The predicted octanol–water partition coefficient (Wildman–Crippen LogP) is 5.57. The fourth-order valence-corrected chi connectivity index (χ4v) is 4.27. The molecule has 0 aliphatic heterocycles. The van der Waals surface area contributed by atoms with Crippen LogP contribution in [0.15, 0.2) is 36.5 Å². The molecule has 0 saturated carbocycles. The van der Waals surface area contributed by atoms with E-state index in [4.69, 9.17) is 34.8 Å². The number of rotatable bonds is 1. The fraction of sp³-hybridized carbons (Fsp3) is 0. The molecule has 3 nitrogen and oxygen atoms in total. The Morgan fingerprint density at radius 3 is 2.71 bits per heavy atom. The summed E-state index contributed by atoms with van der Waals surface area (Å²) in [5, 5.41) is 2.47. The molecule has 3 heterocycles. The van der Waals surface area contributed by atoms with E-state index in [1.54, 1.807) is 28.0 Å². The summed E-state index contributed by atoms with van der Waals surface area (Å²) in [5.41, 5.74) is 0.594. The predicted molar refractivity (Wildman–Crippen MR) is 88.8 cm³/mol. The van der Waals surface area contributed by atoms with Crippen LogP contribution in [0.4, 0.5) is 0 Å². The molecule has 0 aliphatic carbocycles. The first-order valence-corrected chi connectivity index (χ1v) is 7.97. The summed E-state index contributed by atoms with van der Waals surface area (Å²) in [6.45, 7) is 0. The molecule has 104 valence electrons. The second-order valence-corrected chi connectivity index (χ2v) is 6.62. The van der Waals surface area contributed by atoms with Gasteiger partial charge in [0.15, 0.2) is 11.5 Å². The number of imidazole rings is 1. The van der Waals surface area contributed by atoms with Crippen molar-refractivity contribution in [2.45, 2.75) is 0 Å². The molecule has 0 N–H and O–H groups in total. The second kappa shape index (κ2) is 4.85. The van der Waals surface area contributed by atoms with Crippen LogP contribution < -0.4 is 0 Å². The molecule has 4 rings (SSSR count). The lowest BCUT2D eigenvalue weighted by atomic mass is 10.2. The van der Waals surface area contributed by atoms with E-state index in [9.17, 15) is 0 Å². The highest BCUT2D eigenvalue weighted by Crippen LogP contribution is 2.41. The fourth-order valence-electron chi connectivity index (χ4n) is 2.25. The maximum atomic E-state index is 6.50. The van der Waals surface area contributed by atoms with Crippen molar-refractivity contribution < 1.29 is 0 Å². The van der Waals surface area contributed by atoms with Gasteiger partial charge in [-0.25, -0.2) is 9.97 Å². The van der Waals surface area contributed by atoms with Crippen LogP contribution in [0, 0.1) is 0 Å². The Morgan fingerprint density at radius 2 is 1.90 bits per heavy atom.